The minimum Gasteiger partial charge on any atom is -0.469 e. The first kappa shape index (κ1) is 12.2. The van der Waals surface area contributed by atoms with Crippen molar-refractivity contribution in [2.24, 2.45) is 5.92 Å². The zero-order chi connectivity index (χ0) is 12.3. The molecule has 1 saturated heterocycles. The molecule has 1 aliphatic heterocycles. The van der Waals surface area contributed by atoms with Gasteiger partial charge in [-0.25, -0.2) is 4.79 Å². The van der Waals surface area contributed by atoms with Crippen molar-refractivity contribution >= 4 is 12.1 Å². The third-order valence-corrected chi connectivity index (χ3v) is 3.55. The molecule has 0 aromatic heterocycles. The molecule has 1 aliphatic carbocycles. The minimum absolute atomic E-state index is 0.0830. The SMILES string of the molecule is COC(=O)C1CCN(C(=O)OC2CCCC2)C1. The molecule has 2 rings (SSSR count). The van der Waals surface area contributed by atoms with Gasteiger partial charge < -0.3 is 14.4 Å². The Hall–Kier alpha value is -1.26. The Morgan fingerprint density at radius 1 is 1.18 bits per heavy atom. The van der Waals surface area contributed by atoms with E-state index in [0.29, 0.717) is 19.5 Å². The predicted octanol–water partition coefficient (Wildman–Crippen LogP) is 1.56. The summed E-state index contributed by atoms with van der Waals surface area (Å²) in [6, 6.07) is 0. The van der Waals surface area contributed by atoms with Crippen LogP contribution in [0.2, 0.25) is 0 Å². The van der Waals surface area contributed by atoms with Crippen molar-refractivity contribution in [2.75, 3.05) is 20.2 Å². The van der Waals surface area contributed by atoms with Crippen molar-refractivity contribution in [3.8, 4) is 0 Å². The smallest absolute Gasteiger partial charge is 0.410 e. The van der Waals surface area contributed by atoms with E-state index in [0.717, 1.165) is 25.7 Å². The maximum absolute atomic E-state index is 11.8. The van der Waals surface area contributed by atoms with Crippen molar-refractivity contribution in [1.82, 2.24) is 4.90 Å². The summed E-state index contributed by atoms with van der Waals surface area (Å²) >= 11 is 0. The monoisotopic (exact) mass is 241 g/mol. The van der Waals surface area contributed by atoms with E-state index in [1.807, 2.05) is 0 Å². The van der Waals surface area contributed by atoms with Crippen molar-refractivity contribution in [3.05, 3.63) is 0 Å². The number of esters is 1. The summed E-state index contributed by atoms with van der Waals surface area (Å²) in [7, 11) is 1.38. The molecule has 1 atom stereocenters. The maximum Gasteiger partial charge on any atom is 0.410 e. The molecule has 0 radical (unpaired) electrons. The summed E-state index contributed by atoms with van der Waals surface area (Å²) in [6.07, 6.45) is 4.71. The van der Waals surface area contributed by atoms with Gasteiger partial charge in [-0.3, -0.25) is 4.79 Å². The summed E-state index contributed by atoms with van der Waals surface area (Å²) in [5.74, 6) is -0.419. The fraction of sp³-hybridized carbons (Fsp3) is 0.833. The second kappa shape index (κ2) is 5.38. The second-order valence-corrected chi connectivity index (χ2v) is 4.74. The Kier molecular flexibility index (Phi) is 3.86. The van der Waals surface area contributed by atoms with Gasteiger partial charge in [0.05, 0.1) is 13.0 Å². The summed E-state index contributed by atoms with van der Waals surface area (Å²) < 4.78 is 10.1. The van der Waals surface area contributed by atoms with E-state index in [2.05, 4.69) is 4.74 Å². The maximum atomic E-state index is 11.8. The van der Waals surface area contributed by atoms with Crippen molar-refractivity contribution in [1.29, 1.82) is 0 Å². The zero-order valence-electron chi connectivity index (χ0n) is 10.2. The van der Waals surface area contributed by atoms with E-state index in [1.54, 1.807) is 4.90 Å². The molecule has 2 aliphatic rings. The molecule has 2 fully saturated rings. The largest absolute Gasteiger partial charge is 0.469 e. The molecule has 0 N–H and O–H groups in total. The van der Waals surface area contributed by atoms with Crippen LogP contribution in [0.4, 0.5) is 4.79 Å². The van der Waals surface area contributed by atoms with E-state index < -0.39 is 0 Å². The molecular formula is C12H19NO4. The number of amides is 1. The van der Waals surface area contributed by atoms with Gasteiger partial charge in [-0.15, -0.1) is 0 Å². The standard InChI is InChI=1S/C12H19NO4/c1-16-11(14)9-6-7-13(8-9)12(15)17-10-4-2-3-5-10/h9-10H,2-8H2,1H3. The second-order valence-electron chi connectivity index (χ2n) is 4.74. The topological polar surface area (TPSA) is 55.8 Å². The van der Waals surface area contributed by atoms with Crippen LogP contribution < -0.4 is 0 Å². The summed E-state index contributed by atoms with van der Waals surface area (Å²) in [6.45, 7) is 1.02. The van der Waals surface area contributed by atoms with Gasteiger partial charge in [-0.05, 0) is 32.1 Å². The number of carbonyl (C=O) groups excluding carboxylic acids is 2. The molecule has 1 amide bonds. The third kappa shape index (κ3) is 2.90. The Bertz CT molecular complexity index is 299. The van der Waals surface area contributed by atoms with Gasteiger partial charge in [0.1, 0.15) is 6.10 Å². The quantitative estimate of drug-likeness (QED) is 0.688. The van der Waals surface area contributed by atoms with Crippen molar-refractivity contribution in [2.45, 2.75) is 38.2 Å². The van der Waals surface area contributed by atoms with Gasteiger partial charge >= 0.3 is 12.1 Å². The minimum atomic E-state index is -0.275. The number of rotatable bonds is 2. The summed E-state index contributed by atoms with van der Waals surface area (Å²) in [5.41, 5.74) is 0. The van der Waals surface area contributed by atoms with Gasteiger partial charge in [0.15, 0.2) is 0 Å². The van der Waals surface area contributed by atoms with Crippen LogP contribution in [-0.4, -0.2) is 43.3 Å². The highest BCUT2D eigenvalue weighted by Gasteiger charge is 2.33. The van der Waals surface area contributed by atoms with Gasteiger partial charge in [-0.1, -0.05) is 0 Å². The van der Waals surface area contributed by atoms with Crippen molar-refractivity contribution < 1.29 is 19.1 Å². The lowest BCUT2D eigenvalue weighted by atomic mass is 10.1. The lowest BCUT2D eigenvalue weighted by molar-refractivity contribution is -0.144. The predicted molar refractivity (Wildman–Crippen MR) is 60.4 cm³/mol. The summed E-state index contributed by atoms with van der Waals surface area (Å²) in [5, 5.41) is 0. The fourth-order valence-corrected chi connectivity index (χ4v) is 2.51. The molecule has 1 saturated carbocycles. The fourth-order valence-electron chi connectivity index (χ4n) is 2.51. The van der Waals surface area contributed by atoms with E-state index in [9.17, 15) is 9.59 Å². The first-order chi connectivity index (χ1) is 8.20. The van der Waals surface area contributed by atoms with Crippen molar-refractivity contribution in [3.63, 3.8) is 0 Å². The van der Waals surface area contributed by atoms with E-state index in [1.165, 1.54) is 7.11 Å². The Balaban J connectivity index is 1.79. The first-order valence-electron chi connectivity index (χ1n) is 6.24. The normalized spacial score (nSPS) is 25.0. The molecule has 5 nitrogen and oxygen atoms in total. The lowest BCUT2D eigenvalue weighted by Crippen LogP contribution is -2.32. The lowest BCUT2D eigenvalue weighted by Gasteiger charge is -2.19. The number of ether oxygens (including phenoxy) is 2. The average molecular weight is 241 g/mol. The average Bonchev–Trinajstić information content (AvgIpc) is 2.98. The molecule has 17 heavy (non-hydrogen) atoms. The highest BCUT2D eigenvalue weighted by Crippen LogP contribution is 2.24. The van der Waals surface area contributed by atoms with Crippen LogP contribution in [0.3, 0.4) is 0 Å². The first-order valence-corrected chi connectivity index (χ1v) is 6.24. The highest BCUT2D eigenvalue weighted by molar-refractivity contribution is 5.75. The molecular weight excluding hydrogens is 222 g/mol. The molecule has 1 heterocycles. The molecule has 96 valence electrons. The van der Waals surface area contributed by atoms with E-state index >= 15 is 0 Å². The van der Waals surface area contributed by atoms with Gasteiger partial charge in [0.25, 0.3) is 0 Å². The number of carbonyl (C=O) groups is 2. The van der Waals surface area contributed by atoms with Gasteiger partial charge in [-0.2, -0.15) is 0 Å². The van der Waals surface area contributed by atoms with Crippen LogP contribution in [-0.2, 0) is 14.3 Å². The number of hydrogen-bond acceptors (Lipinski definition) is 4. The number of likely N-dealkylation sites (tertiary alicyclic amines) is 1. The van der Waals surface area contributed by atoms with Crippen LogP contribution in [0.5, 0.6) is 0 Å². The molecule has 0 aromatic carbocycles. The van der Waals surface area contributed by atoms with Crippen LogP contribution in [0.1, 0.15) is 32.1 Å². The number of hydrogen-bond donors (Lipinski definition) is 0. The van der Waals surface area contributed by atoms with Crippen LogP contribution in [0, 0.1) is 5.92 Å². The number of nitrogens with zero attached hydrogens (tertiary/aromatic N) is 1. The zero-order valence-corrected chi connectivity index (χ0v) is 10.2. The molecule has 0 bridgehead atoms. The van der Waals surface area contributed by atoms with Crippen LogP contribution >= 0.6 is 0 Å². The Morgan fingerprint density at radius 2 is 1.88 bits per heavy atom. The molecule has 0 spiro atoms. The van der Waals surface area contributed by atoms with E-state index in [4.69, 9.17) is 4.74 Å². The molecule has 0 aromatic rings. The Labute approximate surface area is 101 Å². The van der Waals surface area contributed by atoms with Crippen LogP contribution in [0.25, 0.3) is 0 Å². The van der Waals surface area contributed by atoms with Crippen LogP contribution in [0.15, 0.2) is 0 Å². The number of methoxy groups -OCH3 is 1. The summed E-state index contributed by atoms with van der Waals surface area (Å²) in [4.78, 5) is 24.7. The molecule has 5 heteroatoms. The Morgan fingerprint density at radius 3 is 2.53 bits per heavy atom. The van der Waals surface area contributed by atoms with E-state index in [-0.39, 0.29) is 24.1 Å². The highest BCUT2D eigenvalue weighted by atomic mass is 16.6. The van der Waals surface area contributed by atoms with Gasteiger partial charge in [0, 0.05) is 13.1 Å². The third-order valence-electron chi connectivity index (χ3n) is 3.55. The van der Waals surface area contributed by atoms with Gasteiger partial charge in [0.2, 0.25) is 0 Å². The molecule has 1 unspecified atom stereocenters.